The normalized spacial score (nSPS) is 17.9. The van der Waals surface area contributed by atoms with Gasteiger partial charge in [0.15, 0.2) is 0 Å². The Balaban J connectivity index is 1.24. The van der Waals surface area contributed by atoms with Crippen molar-refractivity contribution >= 4 is 34.9 Å². The second-order valence-electron chi connectivity index (χ2n) is 7.35. The van der Waals surface area contributed by atoms with Crippen LogP contribution in [0.25, 0.3) is 0 Å². The molecule has 0 bridgehead atoms. The maximum absolute atomic E-state index is 12.8. The zero-order chi connectivity index (χ0) is 20.8. The number of amides is 2. The van der Waals surface area contributed by atoms with Crippen molar-refractivity contribution in [1.29, 1.82) is 0 Å². The predicted octanol–water partition coefficient (Wildman–Crippen LogP) is 2.05. The fraction of sp³-hybridized carbons (Fsp3) is 0.476. The summed E-state index contributed by atoms with van der Waals surface area (Å²) in [5.41, 5.74) is 3.61. The minimum Gasteiger partial charge on any atom is -0.379 e. The number of benzene rings is 1. The highest BCUT2D eigenvalue weighted by Gasteiger charge is 2.26. The van der Waals surface area contributed by atoms with Crippen LogP contribution in [0, 0.1) is 0 Å². The Morgan fingerprint density at radius 3 is 2.37 bits per heavy atom. The van der Waals surface area contributed by atoms with E-state index in [2.05, 4.69) is 15.3 Å². The topological polar surface area (TPSA) is 66.0 Å². The number of rotatable bonds is 6. The number of thioether (sulfide) groups is 1. The smallest absolute Gasteiger partial charge is 0.253 e. The maximum Gasteiger partial charge on any atom is 0.253 e. The van der Waals surface area contributed by atoms with Crippen molar-refractivity contribution in [2.45, 2.75) is 10.6 Å². The number of hydrogen-bond acceptors (Lipinski definition) is 7. The summed E-state index contributed by atoms with van der Waals surface area (Å²) in [5, 5.41) is 2.05. The van der Waals surface area contributed by atoms with Crippen molar-refractivity contribution in [3.05, 3.63) is 46.4 Å². The average molecular weight is 447 g/mol. The van der Waals surface area contributed by atoms with E-state index in [1.165, 1.54) is 0 Å². The van der Waals surface area contributed by atoms with Gasteiger partial charge in [-0.05, 0) is 24.3 Å². The molecule has 2 fully saturated rings. The molecule has 1 aromatic carbocycles. The standard InChI is InChI=1S/C21H26N4O3S2/c26-20(13-23-9-11-28-12-10-23)24-5-7-25(8-6-24)21(27)17-1-3-19(4-2-17)30-15-18-14-29-16-22-18/h1-4,14,16H,5-13,15H2. The Kier molecular flexibility index (Phi) is 7.37. The second-order valence-corrected chi connectivity index (χ2v) is 9.12. The SMILES string of the molecule is O=C(CN1CCOCC1)N1CCN(C(=O)c2ccc(SCc3cscn3)cc2)CC1. The minimum atomic E-state index is 0.0336. The van der Waals surface area contributed by atoms with E-state index in [4.69, 9.17) is 4.74 Å². The molecule has 3 heterocycles. The average Bonchev–Trinajstić information content (AvgIpc) is 3.32. The molecule has 0 N–H and O–H groups in total. The number of piperazine rings is 1. The van der Waals surface area contributed by atoms with Gasteiger partial charge < -0.3 is 14.5 Å². The van der Waals surface area contributed by atoms with Crippen LogP contribution in [0.15, 0.2) is 40.1 Å². The summed E-state index contributed by atoms with van der Waals surface area (Å²) in [5.74, 6) is 1.01. The molecular formula is C21H26N4O3S2. The van der Waals surface area contributed by atoms with Crippen molar-refractivity contribution in [2.75, 3.05) is 59.0 Å². The van der Waals surface area contributed by atoms with Gasteiger partial charge in [0.25, 0.3) is 5.91 Å². The van der Waals surface area contributed by atoms with Gasteiger partial charge in [-0.2, -0.15) is 0 Å². The van der Waals surface area contributed by atoms with Crippen LogP contribution in [0.5, 0.6) is 0 Å². The van der Waals surface area contributed by atoms with Gasteiger partial charge in [0.1, 0.15) is 0 Å². The first-order chi connectivity index (χ1) is 14.7. The van der Waals surface area contributed by atoms with Crippen LogP contribution < -0.4 is 0 Å². The largest absolute Gasteiger partial charge is 0.379 e. The molecule has 4 rings (SSSR count). The molecule has 160 valence electrons. The van der Waals surface area contributed by atoms with Crippen LogP contribution in [-0.2, 0) is 15.3 Å². The molecule has 0 aliphatic carbocycles. The van der Waals surface area contributed by atoms with E-state index in [0.29, 0.717) is 51.5 Å². The second kappa shape index (κ2) is 10.4. The third kappa shape index (κ3) is 5.60. The number of nitrogens with zero attached hydrogens (tertiary/aromatic N) is 4. The number of carbonyl (C=O) groups excluding carboxylic acids is 2. The molecule has 7 nitrogen and oxygen atoms in total. The van der Waals surface area contributed by atoms with Crippen LogP contribution in [-0.4, -0.2) is 90.5 Å². The predicted molar refractivity (Wildman–Crippen MR) is 118 cm³/mol. The third-order valence-corrected chi connectivity index (χ3v) is 7.03. The molecule has 0 radical (unpaired) electrons. The van der Waals surface area contributed by atoms with Gasteiger partial charge in [-0.1, -0.05) is 0 Å². The number of hydrogen-bond donors (Lipinski definition) is 0. The van der Waals surface area contributed by atoms with E-state index in [9.17, 15) is 9.59 Å². The van der Waals surface area contributed by atoms with Crippen molar-refractivity contribution < 1.29 is 14.3 Å². The fourth-order valence-corrected chi connectivity index (χ4v) is 5.02. The van der Waals surface area contributed by atoms with Crippen LogP contribution in [0.1, 0.15) is 16.1 Å². The molecule has 2 amide bonds. The Labute approximate surface area is 185 Å². The molecule has 9 heteroatoms. The lowest BCUT2D eigenvalue weighted by Crippen LogP contribution is -2.53. The Bertz CT molecular complexity index is 830. The van der Waals surface area contributed by atoms with Crippen LogP contribution in [0.3, 0.4) is 0 Å². The van der Waals surface area contributed by atoms with Crippen LogP contribution >= 0.6 is 23.1 Å². The molecule has 0 atom stereocenters. The summed E-state index contributed by atoms with van der Waals surface area (Å²) < 4.78 is 5.33. The lowest BCUT2D eigenvalue weighted by Gasteiger charge is -2.36. The molecule has 0 spiro atoms. The number of carbonyl (C=O) groups is 2. The summed E-state index contributed by atoms with van der Waals surface area (Å²) >= 11 is 3.32. The molecule has 1 aromatic heterocycles. The minimum absolute atomic E-state index is 0.0336. The zero-order valence-electron chi connectivity index (χ0n) is 16.9. The highest BCUT2D eigenvalue weighted by atomic mass is 32.2. The molecule has 0 saturated carbocycles. The highest BCUT2D eigenvalue weighted by Crippen LogP contribution is 2.23. The molecule has 2 aliphatic heterocycles. The summed E-state index contributed by atoms with van der Waals surface area (Å²) in [6.45, 7) is 5.78. The van der Waals surface area contributed by atoms with Gasteiger partial charge in [-0.15, -0.1) is 23.1 Å². The van der Waals surface area contributed by atoms with Crippen molar-refractivity contribution in [2.24, 2.45) is 0 Å². The van der Waals surface area contributed by atoms with E-state index in [0.717, 1.165) is 29.4 Å². The summed E-state index contributed by atoms with van der Waals surface area (Å²) in [7, 11) is 0. The molecule has 2 saturated heterocycles. The highest BCUT2D eigenvalue weighted by molar-refractivity contribution is 7.98. The van der Waals surface area contributed by atoms with Gasteiger partial charge in [0.2, 0.25) is 5.91 Å². The number of morpholine rings is 1. The fourth-order valence-electron chi connectivity index (χ4n) is 3.55. The van der Waals surface area contributed by atoms with Crippen LogP contribution in [0.2, 0.25) is 0 Å². The summed E-state index contributed by atoms with van der Waals surface area (Å²) in [6, 6.07) is 7.77. The maximum atomic E-state index is 12.8. The first-order valence-electron chi connectivity index (χ1n) is 10.2. The number of thiazole rings is 1. The zero-order valence-corrected chi connectivity index (χ0v) is 18.5. The number of ether oxygens (including phenoxy) is 1. The van der Waals surface area contributed by atoms with Gasteiger partial charge in [0, 0.05) is 60.9 Å². The van der Waals surface area contributed by atoms with E-state index in [1.807, 2.05) is 39.6 Å². The van der Waals surface area contributed by atoms with E-state index in [1.54, 1.807) is 23.1 Å². The molecule has 30 heavy (non-hydrogen) atoms. The Morgan fingerprint density at radius 1 is 1.00 bits per heavy atom. The van der Waals surface area contributed by atoms with Crippen molar-refractivity contribution in [3.8, 4) is 0 Å². The quantitative estimate of drug-likeness (QED) is 0.633. The van der Waals surface area contributed by atoms with E-state index in [-0.39, 0.29) is 11.8 Å². The Morgan fingerprint density at radius 2 is 1.70 bits per heavy atom. The molecule has 2 aliphatic rings. The lowest BCUT2D eigenvalue weighted by molar-refractivity contribution is -0.134. The number of aromatic nitrogens is 1. The lowest BCUT2D eigenvalue weighted by atomic mass is 10.2. The molecule has 0 unspecified atom stereocenters. The molecular weight excluding hydrogens is 420 g/mol. The Hall–Kier alpha value is -1.94. The van der Waals surface area contributed by atoms with E-state index >= 15 is 0 Å². The van der Waals surface area contributed by atoms with Gasteiger partial charge in [-0.3, -0.25) is 14.5 Å². The van der Waals surface area contributed by atoms with E-state index < -0.39 is 0 Å². The van der Waals surface area contributed by atoms with Gasteiger partial charge >= 0.3 is 0 Å². The van der Waals surface area contributed by atoms with Crippen LogP contribution in [0.4, 0.5) is 0 Å². The van der Waals surface area contributed by atoms with Gasteiger partial charge in [-0.25, -0.2) is 4.98 Å². The summed E-state index contributed by atoms with van der Waals surface area (Å²) in [6.07, 6.45) is 0. The third-order valence-electron chi connectivity index (χ3n) is 5.35. The monoisotopic (exact) mass is 446 g/mol. The first-order valence-corrected chi connectivity index (χ1v) is 12.1. The summed E-state index contributed by atoms with van der Waals surface area (Å²) in [4.78, 5) is 36.6. The van der Waals surface area contributed by atoms with Gasteiger partial charge in [0.05, 0.1) is 31.0 Å². The first kappa shape index (κ1) is 21.3. The van der Waals surface area contributed by atoms with Crippen molar-refractivity contribution in [1.82, 2.24) is 19.7 Å². The van der Waals surface area contributed by atoms with Crippen molar-refractivity contribution in [3.63, 3.8) is 0 Å². The molecule has 2 aromatic rings.